The number of hydrogen-bond acceptors (Lipinski definition) is 7. The average molecular weight is 399 g/mol. The number of carboxylic acids is 1. The van der Waals surface area contributed by atoms with Gasteiger partial charge in [-0.25, -0.2) is 18.2 Å². The zero-order chi connectivity index (χ0) is 19.4. The van der Waals surface area contributed by atoms with E-state index in [4.69, 9.17) is 9.47 Å². The van der Waals surface area contributed by atoms with Gasteiger partial charge in [0.15, 0.2) is 0 Å². The maximum absolute atomic E-state index is 12.9. The topological polar surface area (TPSA) is 109 Å². The van der Waals surface area contributed by atoms with Gasteiger partial charge in [0.25, 0.3) is 0 Å². The van der Waals surface area contributed by atoms with E-state index in [1.807, 2.05) is 6.92 Å². The Hall–Kier alpha value is -1.75. The minimum Gasteiger partial charge on any atom is -0.477 e. The van der Waals surface area contributed by atoms with Gasteiger partial charge in [0.1, 0.15) is 16.6 Å². The van der Waals surface area contributed by atoms with Crippen LogP contribution in [0.15, 0.2) is 17.2 Å². The van der Waals surface area contributed by atoms with Crippen LogP contribution in [0.2, 0.25) is 0 Å². The summed E-state index contributed by atoms with van der Waals surface area (Å²) in [6, 6.07) is 1.14. The zero-order valence-electron chi connectivity index (χ0n) is 15.3. The van der Waals surface area contributed by atoms with Crippen molar-refractivity contribution in [1.29, 1.82) is 0 Å². The van der Waals surface area contributed by atoms with Crippen molar-refractivity contribution in [2.75, 3.05) is 45.9 Å². The summed E-state index contributed by atoms with van der Waals surface area (Å²) >= 11 is 0. The number of sulfonamides is 1. The number of piperazine rings is 1. The lowest BCUT2D eigenvalue weighted by Gasteiger charge is -2.33. The third-order valence-electron chi connectivity index (χ3n) is 4.92. The van der Waals surface area contributed by atoms with Crippen molar-refractivity contribution < 1.29 is 27.8 Å². The number of aromatic carboxylic acids is 1. The number of hydrogen-bond donors (Lipinski definition) is 1. The van der Waals surface area contributed by atoms with E-state index in [1.165, 1.54) is 10.5 Å². The molecule has 0 aliphatic carbocycles. The van der Waals surface area contributed by atoms with Crippen molar-refractivity contribution in [3.05, 3.63) is 17.8 Å². The smallest absolute Gasteiger partial charge is 0.341 e. The van der Waals surface area contributed by atoms with Gasteiger partial charge in [0.2, 0.25) is 15.9 Å². The molecule has 0 saturated carbocycles. The fraction of sp³-hybridized carbons (Fsp3) is 0.647. The molecule has 1 aromatic rings. The summed E-state index contributed by atoms with van der Waals surface area (Å²) in [4.78, 5) is 17.7. The van der Waals surface area contributed by atoms with Crippen LogP contribution in [-0.2, 0) is 14.8 Å². The Morgan fingerprint density at radius 2 is 1.96 bits per heavy atom. The van der Waals surface area contributed by atoms with Gasteiger partial charge in [-0.2, -0.15) is 4.31 Å². The van der Waals surface area contributed by atoms with Gasteiger partial charge in [-0.3, -0.25) is 0 Å². The molecule has 0 radical (unpaired) electrons. The van der Waals surface area contributed by atoms with Crippen molar-refractivity contribution in [1.82, 2.24) is 14.2 Å². The molecule has 3 heterocycles. The number of carbonyl (C=O) groups is 1. The number of pyridine rings is 1. The van der Waals surface area contributed by atoms with E-state index < -0.39 is 16.0 Å². The molecule has 3 rings (SSSR count). The summed E-state index contributed by atoms with van der Waals surface area (Å²) in [5, 5.41) is 9.50. The maximum Gasteiger partial charge on any atom is 0.341 e. The largest absolute Gasteiger partial charge is 0.477 e. The summed E-state index contributed by atoms with van der Waals surface area (Å²) in [5.41, 5.74) is -0.241. The van der Waals surface area contributed by atoms with Crippen LogP contribution < -0.4 is 4.74 Å². The van der Waals surface area contributed by atoms with Crippen LogP contribution in [0.1, 0.15) is 30.1 Å². The summed E-state index contributed by atoms with van der Waals surface area (Å²) in [6.45, 7) is 6.05. The quantitative estimate of drug-likeness (QED) is 0.743. The number of carboxylic acid groups (broad SMARTS) is 1. The number of aromatic nitrogens is 1. The van der Waals surface area contributed by atoms with E-state index in [9.17, 15) is 18.3 Å². The van der Waals surface area contributed by atoms with Crippen molar-refractivity contribution in [3.8, 4) is 5.88 Å². The lowest BCUT2D eigenvalue weighted by Crippen LogP contribution is -2.48. The lowest BCUT2D eigenvalue weighted by molar-refractivity contribution is 0.0229. The molecule has 0 unspecified atom stereocenters. The third-order valence-corrected chi connectivity index (χ3v) is 6.78. The number of likely N-dealkylation sites (N-methyl/N-ethyl adjacent to an activating group) is 1. The molecule has 0 spiro atoms. The van der Waals surface area contributed by atoms with Crippen molar-refractivity contribution in [3.63, 3.8) is 0 Å². The highest BCUT2D eigenvalue weighted by atomic mass is 32.2. The Morgan fingerprint density at radius 3 is 2.56 bits per heavy atom. The molecule has 27 heavy (non-hydrogen) atoms. The molecule has 10 heteroatoms. The van der Waals surface area contributed by atoms with E-state index in [2.05, 4.69) is 9.88 Å². The standard InChI is InChI=1S/C17H25N3O6S/c1-2-19-5-7-20(8-6-19)27(23,24)14-11-15(17(21)22)16(18-12-14)26-13-3-9-25-10-4-13/h11-13H,2-10H2,1H3,(H,21,22). The van der Waals surface area contributed by atoms with Crippen LogP contribution in [0, 0.1) is 0 Å². The van der Waals surface area contributed by atoms with Crippen molar-refractivity contribution in [2.24, 2.45) is 0 Å². The Balaban J connectivity index is 1.81. The first-order valence-corrected chi connectivity index (χ1v) is 10.6. The predicted molar refractivity (Wildman–Crippen MR) is 96.5 cm³/mol. The molecule has 2 aliphatic rings. The molecule has 0 amide bonds. The molecule has 9 nitrogen and oxygen atoms in total. The summed E-state index contributed by atoms with van der Waals surface area (Å²) in [7, 11) is -3.79. The van der Waals surface area contributed by atoms with Gasteiger partial charge in [-0.05, 0) is 12.6 Å². The highest BCUT2D eigenvalue weighted by Crippen LogP contribution is 2.25. The zero-order valence-corrected chi connectivity index (χ0v) is 16.2. The fourth-order valence-electron chi connectivity index (χ4n) is 3.21. The molecule has 2 fully saturated rings. The first-order valence-electron chi connectivity index (χ1n) is 9.12. The summed E-state index contributed by atoms with van der Waals surface area (Å²) in [5.74, 6) is -1.32. The molecule has 0 bridgehead atoms. The molecule has 2 aliphatic heterocycles. The fourth-order valence-corrected chi connectivity index (χ4v) is 4.60. The van der Waals surface area contributed by atoms with Gasteiger partial charge >= 0.3 is 5.97 Å². The van der Waals surface area contributed by atoms with Crippen LogP contribution in [-0.4, -0.2) is 85.7 Å². The minimum absolute atomic E-state index is 0.0517. The van der Waals surface area contributed by atoms with Crippen LogP contribution in [0.4, 0.5) is 0 Å². The maximum atomic E-state index is 12.9. The Labute approximate surface area is 158 Å². The molecule has 1 aromatic heterocycles. The van der Waals surface area contributed by atoms with Gasteiger partial charge < -0.3 is 19.5 Å². The van der Waals surface area contributed by atoms with Crippen molar-refractivity contribution >= 4 is 16.0 Å². The van der Waals surface area contributed by atoms with Crippen LogP contribution in [0.3, 0.4) is 0 Å². The monoisotopic (exact) mass is 399 g/mol. The molecule has 150 valence electrons. The first-order chi connectivity index (χ1) is 12.9. The minimum atomic E-state index is -3.79. The molecule has 0 aromatic carbocycles. The van der Waals surface area contributed by atoms with E-state index in [0.29, 0.717) is 52.2 Å². The van der Waals surface area contributed by atoms with E-state index >= 15 is 0 Å². The van der Waals surface area contributed by atoms with Gasteiger partial charge in [0, 0.05) is 39.0 Å². The third kappa shape index (κ3) is 4.57. The number of rotatable bonds is 6. The molecule has 1 N–H and O–H groups in total. The number of ether oxygens (including phenoxy) is 2. The second kappa shape index (κ2) is 8.51. The Bertz CT molecular complexity index is 771. The van der Waals surface area contributed by atoms with Gasteiger partial charge in [-0.15, -0.1) is 0 Å². The normalized spacial score (nSPS) is 20.5. The average Bonchev–Trinajstić information content (AvgIpc) is 2.69. The number of nitrogens with zero attached hydrogens (tertiary/aromatic N) is 3. The SMILES string of the molecule is CCN1CCN(S(=O)(=O)c2cnc(OC3CCOCC3)c(C(=O)O)c2)CC1. The van der Waals surface area contributed by atoms with Crippen LogP contribution >= 0.6 is 0 Å². The molecule has 0 atom stereocenters. The Morgan fingerprint density at radius 1 is 1.30 bits per heavy atom. The van der Waals surface area contributed by atoms with Crippen molar-refractivity contribution in [2.45, 2.75) is 30.8 Å². The van der Waals surface area contributed by atoms with E-state index in [0.717, 1.165) is 12.6 Å². The van der Waals surface area contributed by atoms with E-state index in [1.54, 1.807) is 0 Å². The molecule has 2 saturated heterocycles. The highest BCUT2D eigenvalue weighted by molar-refractivity contribution is 7.89. The molecular weight excluding hydrogens is 374 g/mol. The summed E-state index contributed by atoms with van der Waals surface area (Å²) in [6.07, 6.45) is 2.28. The first kappa shape index (κ1) is 20.0. The second-order valence-electron chi connectivity index (χ2n) is 6.60. The van der Waals surface area contributed by atoms with E-state index in [-0.39, 0.29) is 22.4 Å². The Kier molecular flexibility index (Phi) is 6.30. The predicted octanol–water partition coefficient (Wildman–Crippen LogP) is 0.664. The van der Waals surface area contributed by atoms with Gasteiger partial charge in [0.05, 0.1) is 19.4 Å². The van der Waals surface area contributed by atoms with Gasteiger partial charge in [-0.1, -0.05) is 6.92 Å². The lowest BCUT2D eigenvalue weighted by atomic mass is 10.1. The molecular formula is C17H25N3O6S. The van der Waals surface area contributed by atoms with Crippen LogP contribution in [0.5, 0.6) is 5.88 Å². The second-order valence-corrected chi connectivity index (χ2v) is 8.53. The highest BCUT2D eigenvalue weighted by Gasteiger charge is 2.30. The van der Waals surface area contributed by atoms with Crippen LogP contribution in [0.25, 0.3) is 0 Å². The summed E-state index contributed by atoms with van der Waals surface area (Å²) < 4.78 is 38.1.